The zero-order chi connectivity index (χ0) is 9.84. The Kier molecular flexibility index (Phi) is 2.89. The van der Waals surface area contributed by atoms with Gasteiger partial charge < -0.3 is 15.2 Å². The molecule has 72 valence electrons. The van der Waals surface area contributed by atoms with Crippen LogP contribution in [0.2, 0.25) is 0 Å². The molecule has 0 radical (unpaired) electrons. The summed E-state index contributed by atoms with van der Waals surface area (Å²) in [6.45, 7) is -2.88. The standard InChI is InChI=1S/C8H9F2NO2/c1-12-6-3-2-5(11)4-7(6)13-8(9)10/h2-4,8H,11H2,1H3. The summed E-state index contributed by atoms with van der Waals surface area (Å²) in [6, 6.07) is 4.29. The van der Waals surface area contributed by atoms with E-state index in [0.29, 0.717) is 5.69 Å². The van der Waals surface area contributed by atoms with Crippen molar-refractivity contribution in [2.24, 2.45) is 0 Å². The number of nitrogens with two attached hydrogens (primary N) is 1. The van der Waals surface area contributed by atoms with Crippen LogP contribution >= 0.6 is 0 Å². The Labute approximate surface area is 74.1 Å². The van der Waals surface area contributed by atoms with Gasteiger partial charge in [-0.25, -0.2) is 0 Å². The monoisotopic (exact) mass is 189 g/mol. The highest BCUT2D eigenvalue weighted by atomic mass is 19.3. The summed E-state index contributed by atoms with van der Waals surface area (Å²) in [4.78, 5) is 0. The number of nitrogen functional groups attached to an aromatic ring is 1. The van der Waals surface area contributed by atoms with Gasteiger partial charge in [-0.3, -0.25) is 0 Å². The van der Waals surface area contributed by atoms with Gasteiger partial charge in [-0.1, -0.05) is 0 Å². The van der Waals surface area contributed by atoms with Crippen LogP contribution in [0.3, 0.4) is 0 Å². The molecule has 3 nitrogen and oxygen atoms in total. The minimum absolute atomic E-state index is 0.0579. The van der Waals surface area contributed by atoms with Gasteiger partial charge >= 0.3 is 6.61 Å². The lowest BCUT2D eigenvalue weighted by Crippen LogP contribution is -2.03. The van der Waals surface area contributed by atoms with Crippen molar-refractivity contribution in [1.29, 1.82) is 0 Å². The molecule has 0 spiro atoms. The van der Waals surface area contributed by atoms with Crippen molar-refractivity contribution >= 4 is 5.69 Å². The third kappa shape index (κ3) is 2.47. The van der Waals surface area contributed by atoms with Gasteiger partial charge in [-0.15, -0.1) is 0 Å². The molecule has 0 saturated carbocycles. The quantitative estimate of drug-likeness (QED) is 0.738. The number of halogens is 2. The second-order valence-electron chi connectivity index (χ2n) is 2.29. The fraction of sp³-hybridized carbons (Fsp3) is 0.250. The summed E-state index contributed by atoms with van der Waals surface area (Å²) in [5, 5.41) is 0. The van der Waals surface area contributed by atoms with Gasteiger partial charge in [0.2, 0.25) is 0 Å². The molecule has 0 aromatic heterocycles. The van der Waals surface area contributed by atoms with E-state index < -0.39 is 6.61 Å². The molecule has 0 heterocycles. The Bertz CT molecular complexity index is 291. The van der Waals surface area contributed by atoms with Gasteiger partial charge in [0.25, 0.3) is 0 Å². The van der Waals surface area contributed by atoms with Crippen LogP contribution in [0.15, 0.2) is 18.2 Å². The summed E-state index contributed by atoms with van der Waals surface area (Å²) in [6.07, 6.45) is 0. The lowest BCUT2D eigenvalue weighted by molar-refractivity contribution is -0.0511. The molecule has 0 aliphatic heterocycles. The number of alkyl halides is 2. The third-order valence-corrected chi connectivity index (χ3v) is 1.40. The van der Waals surface area contributed by atoms with Crippen molar-refractivity contribution in [3.63, 3.8) is 0 Å². The van der Waals surface area contributed by atoms with Gasteiger partial charge in [-0.05, 0) is 12.1 Å². The summed E-state index contributed by atoms with van der Waals surface area (Å²) < 4.78 is 32.7. The van der Waals surface area contributed by atoms with Crippen LogP contribution < -0.4 is 15.2 Å². The summed E-state index contributed by atoms with van der Waals surface area (Å²) in [7, 11) is 1.36. The van der Waals surface area contributed by atoms with E-state index in [4.69, 9.17) is 10.5 Å². The summed E-state index contributed by atoms with van der Waals surface area (Å²) >= 11 is 0. The third-order valence-electron chi connectivity index (χ3n) is 1.40. The Balaban J connectivity index is 2.94. The van der Waals surface area contributed by atoms with Crippen molar-refractivity contribution in [3.05, 3.63) is 18.2 Å². The van der Waals surface area contributed by atoms with Gasteiger partial charge in [0, 0.05) is 11.8 Å². The van der Waals surface area contributed by atoms with Crippen LogP contribution in [0, 0.1) is 0 Å². The zero-order valence-corrected chi connectivity index (χ0v) is 6.96. The number of ether oxygens (including phenoxy) is 2. The first kappa shape index (κ1) is 9.57. The van der Waals surface area contributed by atoms with Crippen LogP contribution in [0.25, 0.3) is 0 Å². The summed E-state index contributed by atoms with van der Waals surface area (Å²) in [5.74, 6) is 0.173. The normalized spacial score (nSPS) is 10.2. The molecule has 0 bridgehead atoms. The van der Waals surface area contributed by atoms with Crippen LogP contribution in [0.5, 0.6) is 11.5 Å². The van der Waals surface area contributed by atoms with E-state index in [9.17, 15) is 8.78 Å². The molecular weight excluding hydrogens is 180 g/mol. The fourth-order valence-electron chi connectivity index (χ4n) is 0.881. The Morgan fingerprint density at radius 2 is 2.00 bits per heavy atom. The van der Waals surface area contributed by atoms with Crippen LogP contribution in [-0.2, 0) is 0 Å². The maximum atomic E-state index is 11.8. The highest BCUT2D eigenvalue weighted by Gasteiger charge is 2.09. The maximum absolute atomic E-state index is 11.8. The van der Waals surface area contributed by atoms with Crippen molar-refractivity contribution in [1.82, 2.24) is 0 Å². The SMILES string of the molecule is COc1ccc(N)cc1OC(F)F. The lowest BCUT2D eigenvalue weighted by Gasteiger charge is -2.09. The average Bonchev–Trinajstić information content (AvgIpc) is 2.03. The molecule has 5 heteroatoms. The zero-order valence-electron chi connectivity index (χ0n) is 6.96. The largest absolute Gasteiger partial charge is 0.493 e. The molecule has 0 fully saturated rings. The number of anilines is 1. The molecule has 1 rings (SSSR count). The van der Waals surface area contributed by atoms with Crippen LogP contribution in [0.4, 0.5) is 14.5 Å². The van der Waals surface area contributed by atoms with Gasteiger partial charge in [0.15, 0.2) is 11.5 Å². The highest BCUT2D eigenvalue weighted by Crippen LogP contribution is 2.30. The van der Waals surface area contributed by atoms with Crippen molar-refractivity contribution in [2.75, 3.05) is 12.8 Å². The van der Waals surface area contributed by atoms with Crippen molar-refractivity contribution in [2.45, 2.75) is 6.61 Å². The van der Waals surface area contributed by atoms with Crippen molar-refractivity contribution in [3.8, 4) is 11.5 Å². The number of rotatable bonds is 3. The molecule has 13 heavy (non-hydrogen) atoms. The molecule has 0 atom stereocenters. The number of hydrogen-bond donors (Lipinski definition) is 1. The van der Waals surface area contributed by atoms with Gasteiger partial charge in [0.05, 0.1) is 7.11 Å². The molecule has 0 saturated heterocycles. The molecule has 0 aliphatic rings. The van der Waals surface area contributed by atoms with Crippen LogP contribution in [0.1, 0.15) is 0 Å². The maximum Gasteiger partial charge on any atom is 0.387 e. The molecule has 0 amide bonds. The van der Waals surface area contributed by atoms with E-state index in [1.807, 2.05) is 0 Å². The topological polar surface area (TPSA) is 44.5 Å². The fourth-order valence-corrected chi connectivity index (χ4v) is 0.881. The number of hydrogen-bond acceptors (Lipinski definition) is 3. The molecule has 1 aromatic carbocycles. The first-order chi connectivity index (χ1) is 6.13. The van der Waals surface area contributed by atoms with E-state index in [1.165, 1.54) is 25.3 Å². The van der Waals surface area contributed by atoms with E-state index in [1.54, 1.807) is 0 Å². The molecule has 2 N–H and O–H groups in total. The molecular formula is C8H9F2NO2. The predicted molar refractivity (Wildman–Crippen MR) is 44.0 cm³/mol. The minimum atomic E-state index is -2.88. The predicted octanol–water partition coefficient (Wildman–Crippen LogP) is 1.88. The second kappa shape index (κ2) is 3.93. The second-order valence-corrected chi connectivity index (χ2v) is 2.29. The van der Waals surface area contributed by atoms with Crippen molar-refractivity contribution < 1.29 is 18.3 Å². The first-order valence-corrected chi connectivity index (χ1v) is 3.52. The molecule has 0 unspecified atom stereocenters. The summed E-state index contributed by atoms with van der Waals surface area (Å²) in [5.41, 5.74) is 5.72. The number of methoxy groups -OCH3 is 1. The Hall–Kier alpha value is -1.52. The van der Waals surface area contributed by atoms with E-state index in [0.717, 1.165) is 0 Å². The molecule has 0 aliphatic carbocycles. The van der Waals surface area contributed by atoms with Gasteiger partial charge in [-0.2, -0.15) is 8.78 Å². The Morgan fingerprint density at radius 3 is 2.54 bits per heavy atom. The van der Waals surface area contributed by atoms with Gasteiger partial charge in [0.1, 0.15) is 0 Å². The number of benzene rings is 1. The minimum Gasteiger partial charge on any atom is -0.493 e. The lowest BCUT2D eigenvalue weighted by atomic mass is 10.3. The van der Waals surface area contributed by atoms with E-state index in [-0.39, 0.29) is 11.5 Å². The molecule has 1 aromatic rings. The van der Waals surface area contributed by atoms with E-state index >= 15 is 0 Å². The smallest absolute Gasteiger partial charge is 0.387 e. The van der Waals surface area contributed by atoms with E-state index in [2.05, 4.69) is 4.74 Å². The highest BCUT2D eigenvalue weighted by molar-refractivity contribution is 5.51. The Morgan fingerprint density at radius 1 is 1.31 bits per heavy atom. The van der Waals surface area contributed by atoms with Crippen LogP contribution in [-0.4, -0.2) is 13.7 Å². The average molecular weight is 189 g/mol. The first-order valence-electron chi connectivity index (χ1n) is 3.52.